The van der Waals surface area contributed by atoms with Crippen LogP contribution in [0.3, 0.4) is 0 Å². The molecular formula is C43H56IrNO2S-. The fourth-order valence-corrected chi connectivity index (χ4v) is 7.99. The first-order valence-corrected chi connectivity index (χ1v) is 18.4. The summed E-state index contributed by atoms with van der Waals surface area (Å²) in [5.41, 5.74) is 6.84. The number of fused-ring (bicyclic) bond motifs is 3. The first kappa shape index (κ1) is 40.0. The molecule has 48 heavy (non-hydrogen) atoms. The summed E-state index contributed by atoms with van der Waals surface area (Å²) < 4.78 is 0. The van der Waals surface area contributed by atoms with Crippen LogP contribution in [0.1, 0.15) is 112 Å². The van der Waals surface area contributed by atoms with Crippen molar-refractivity contribution in [3.8, 4) is 11.3 Å². The van der Waals surface area contributed by atoms with Gasteiger partial charge in [-0.1, -0.05) is 110 Å². The molecule has 1 aromatic heterocycles. The second kappa shape index (κ2) is 16.5. The Bertz CT molecular complexity index is 1770. The monoisotopic (exact) mass is 843 g/mol. The third kappa shape index (κ3) is 9.61. The molecule has 3 nitrogen and oxygen atoms in total. The number of aliphatic hydroxyl groups is 1. The normalized spacial score (nSPS) is 13.0. The van der Waals surface area contributed by atoms with Gasteiger partial charge in [-0.2, -0.15) is 0 Å². The van der Waals surface area contributed by atoms with E-state index >= 15 is 0 Å². The average molecular weight is 843 g/mol. The maximum atomic E-state index is 11.7. The van der Waals surface area contributed by atoms with Gasteiger partial charge < -0.3 is 5.11 Å². The molecule has 0 bridgehead atoms. The van der Waals surface area contributed by atoms with E-state index in [4.69, 9.17) is 4.98 Å². The molecule has 1 aliphatic heterocycles. The zero-order chi connectivity index (χ0) is 34.7. The molecule has 2 heterocycles. The predicted molar refractivity (Wildman–Crippen MR) is 203 cm³/mol. The van der Waals surface area contributed by atoms with Gasteiger partial charge in [0.2, 0.25) is 0 Å². The van der Waals surface area contributed by atoms with Crippen molar-refractivity contribution < 1.29 is 30.0 Å². The number of rotatable bonds is 9. The van der Waals surface area contributed by atoms with E-state index in [2.05, 4.69) is 90.9 Å². The zero-order valence-electron chi connectivity index (χ0n) is 31.1. The molecule has 0 saturated heterocycles. The summed E-state index contributed by atoms with van der Waals surface area (Å²) >= 11 is 1.93. The van der Waals surface area contributed by atoms with Gasteiger partial charge in [0.25, 0.3) is 0 Å². The number of nitrogens with zero attached hydrogens (tertiary/aromatic N) is 1. The SMILES string of the molecule is CCC(CC)C(=O)/C=C(\O)C(CC)CC.Cc1ccc2c(CC(C)(C)C)c3c([c-]c2c1)-c1nccc2cc(CC(C)(C)C)cc(c12)S3.[Ir]. The van der Waals surface area contributed by atoms with Crippen LogP contribution in [0.25, 0.3) is 32.8 Å². The molecule has 0 unspecified atom stereocenters. The Labute approximate surface area is 308 Å². The zero-order valence-corrected chi connectivity index (χ0v) is 34.3. The number of carbonyl (C=O) groups excluding carboxylic acids is 1. The van der Waals surface area contributed by atoms with Crippen molar-refractivity contribution in [2.24, 2.45) is 22.7 Å². The number of hydrogen-bond acceptors (Lipinski definition) is 4. The number of allylic oxidation sites excluding steroid dienone is 2. The van der Waals surface area contributed by atoms with Crippen LogP contribution in [0.5, 0.6) is 0 Å². The van der Waals surface area contributed by atoms with E-state index in [-0.39, 0.29) is 54.3 Å². The van der Waals surface area contributed by atoms with Crippen molar-refractivity contribution in [3.05, 3.63) is 77.2 Å². The Kier molecular flexibility index (Phi) is 13.7. The van der Waals surface area contributed by atoms with Gasteiger partial charge in [-0.15, -0.1) is 29.3 Å². The van der Waals surface area contributed by atoms with E-state index in [1.165, 1.54) is 59.7 Å². The van der Waals surface area contributed by atoms with Crippen molar-refractivity contribution in [3.63, 3.8) is 0 Å². The van der Waals surface area contributed by atoms with Gasteiger partial charge in [-0.05, 0) is 89.6 Å². The van der Waals surface area contributed by atoms with Crippen LogP contribution >= 0.6 is 11.8 Å². The van der Waals surface area contributed by atoms with Gasteiger partial charge in [0.05, 0.1) is 5.76 Å². The molecule has 3 aromatic carbocycles. The minimum atomic E-state index is 0. The van der Waals surface area contributed by atoms with E-state index in [0.717, 1.165) is 44.2 Å². The quantitative estimate of drug-likeness (QED) is 0.0912. The number of hydrogen-bond donors (Lipinski definition) is 1. The Hall–Kier alpha value is -2.46. The first-order valence-electron chi connectivity index (χ1n) is 17.6. The van der Waals surface area contributed by atoms with E-state index < -0.39 is 0 Å². The van der Waals surface area contributed by atoms with Crippen LogP contribution in [0, 0.1) is 35.7 Å². The van der Waals surface area contributed by atoms with Crippen molar-refractivity contribution >= 4 is 39.1 Å². The topological polar surface area (TPSA) is 50.2 Å². The molecule has 1 radical (unpaired) electrons. The van der Waals surface area contributed by atoms with Crippen molar-refractivity contribution in [1.82, 2.24) is 4.98 Å². The molecule has 0 fully saturated rings. The molecule has 4 aromatic rings. The molecule has 5 heteroatoms. The van der Waals surface area contributed by atoms with E-state index in [9.17, 15) is 9.90 Å². The number of aryl methyl sites for hydroxylation is 1. The summed E-state index contributed by atoms with van der Waals surface area (Å²) in [7, 11) is 0. The predicted octanol–water partition coefficient (Wildman–Crippen LogP) is 12.7. The van der Waals surface area contributed by atoms with Gasteiger partial charge in [0.15, 0.2) is 5.78 Å². The minimum absolute atomic E-state index is 0. The van der Waals surface area contributed by atoms with Gasteiger partial charge >= 0.3 is 0 Å². The van der Waals surface area contributed by atoms with E-state index in [1.807, 2.05) is 45.7 Å². The molecular weight excluding hydrogens is 787 g/mol. The molecule has 1 aliphatic rings. The fraction of sp³-hybridized carbons (Fsp3) is 0.488. The summed E-state index contributed by atoms with van der Waals surface area (Å²) in [5.74, 6) is 0.547. The Morgan fingerprint density at radius 3 is 2.10 bits per heavy atom. The third-order valence-electron chi connectivity index (χ3n) is 9.12. The van der Waals surface area contributed by atoms with Crippen LogP contribution in [-0.2, 0) is 37.7 Å². The fourth-order valence-electron chi connectivity index (χ4n) is 6.69. The number of aromatic nitrogens is 1. The summed E-state index contributed by atoms with van der Waals surface area (Å²) in [6.07, 6.45) is 8.98. The van der Waals surface area contributed by atoms with Crippen LogP contribution < -0.4 is 0 Å². The first-order chi connectivity index (χ1) is 22.1. The largest absolute Gasteiger partial charge is 0.512 e. The van der Waals surface area contributed by atoms with Crippen LogP contribution in [0.4, 0.5) is 0 Å². The molecule has 1 N–H and O–H groups in total. The number of benzene rings is 3. The maximum absolute atomic E-state index is 11.7. The second-order valence-electron chi connectivity index (χ2n) is 15.8. The summed E-state index contributed by atoms with van der Waals surface area (Å²) in [6, 6.07) is 17.5. The van der Waals surface area contributed by atoms with Crippen LogP contribution in [0.2, 0.25) is 0 Å². The van der Waals surface area contributed by atoms with Crippen molar-refractivity contribution in [2.75, 3.05) is 0 Å². The molecule has 0 aliphatic carbocycles. The van der Waals surface area contributed by atoms with Gasteiger partial charge in [0, 0.05) is 54.8 Å². The maximum Gasteiger partial charge on any atom is 0.162 e. The Morgan fingerprint density at radius 1 is 0.896 bits per heavy atom. The molecule has 0 amide bonds. The molecule has 261 valence electrons. The van der Waals surface area contributed by atoms with Gasteiger partial charge in [-0.25, -0.2) is 0 Å². The summed E-state index contributed by atoms with van der Waals surface area (Å²) in [5, 5.41) is 14.9. The summed E-state index contributed by atoms with van der Waals surface area (Å²) in [6.45, 7) is 24.2. The molecule has 0 spiro atoms. The summed E-state index contributed by atoms with van der Waals surface area (Å²) in [4.78, 5) is 19.3. The Balaban J connectivity index is 0.000000334. The second-order valence-corrected chi connectivity index (χ2v) is 16.8. The molecule has 0 atom stereocenters. The minimum Gasteiger partial charge on any atom is -0.512 e. The number of aliphatic hydroxyl groups excluding tert-OH is 1. The third-order valence-corrected chi connectivity index (χ3v) is 10.3. The Morgan fingerprint density at radius 2 is 1.52 bits per heavy atom. The van der Waals surface area contributed by atoms with Gasteiger partial charge in [-0.3, -0.25) is 9.78 Å². The molecule has 0 saturated carbocycles. The van der Waals surface area contributed by atoms with Crippen molar-refractivity contribution in [2.45, 2.75) is 124 Å². The standard InChI is InChI=1S/C30H32NS.C13H24O2.Ir/c1-18-8-9-22-21(12-18)15-23-27-26-20(10-11-31-27)13-19(16-29(2,3)4)14-25(26)32-28(23)24(22)17-30(5,6)7;1-5-10(6-2)12(14)9-13(15)11(7-3)8-4;/h8-14H,16-17H2,1-7H3;9-11,14H,5-8H2,1-4H3;/q-1;;/b;12-9-;. The number of pyridine rings is 1. The van der Waals surface area contributed by atoms with E-state index in [0.29, 0.717) is 0 Å². The average Bonchev–Trinajstić information content (AvgIpc) is 2.97. The van der Waals surface area contributed by atoms with Gasteiger partial charge in [0.1, 0.15) is 0 Å². The smallest absolute Gasteiger partial charge is 0.162 e. The van der Waals surface area contributed by atoms with Crippen LogP contribution in [0.15, 0.2) is 64.2 Å². The number of ketones is 1. The number of carbonyl (C=O) groups is 1. The van der Waals surface area contributed by atoms with E-state index in [1.54, 1.807) is 0 Å². The van der Waals surface area contributed by atoms with Crippen LogP contribution in [-0.4, -0.2) is 15.9 Å². The molecule has 5 rings (SSSR count). The van der Waals surface area contributed by atoms with Crippen molar-refractivity contribution in [1.29, 1.82) is 0 Å².